The maximum Gasteiger partial charge on any atom is 0.268 e. The Hall–Kier alpha value is -6.22. The first kappa shape index (κ1) is 52.2. The largest absolute Gasteiger partial charge is 0.629 e. The third-order valence-corrected chi connectivity index (χ3v) is 17.6. The first-order valence-electron chi connectivity index (χ1n) is 26.3. The zero-order valence-corrected chi connectivity index (χ0v) is 44.3. The van der Waals surface area contributed by atoms with Gasteiger partial charge in [-0.1, -0.05) is 38.1 Å². The fraction of sp³-hybridized carbons (Fsp3) is 0.464. The summed E-state index contributed by atoms with van der Waals surface area (Å²) in [5, 5.41) is 26.2. The van der Waals surface area contributed by atoms with E-state index in [2.05, 4.69) is 94.9 Å². The number of carbonyl (C=O) groups is 1. The van der Waals surface area contributed by atoms with E-state index in [0.717, 1.165) is 89.7 Å². The number of nitrogens with one attached hydrogen (secondary N) is 4. The average Bonchev–Trinajstić information content (AvgIpc) is 3.78. The second-order valence-electron chi connectivity index (χ2n) is 21.9. The number of amides is 1. The number of hydrogen-bond acceptors (Lipinski definition) is 14. The average molecular weight is 1050 g/mol. The van der Waals surface area contributed by atoms with Crippen molar-refractivity contribution in [2.24, 2.45) is 11.3 Å². The van der Waals surface area contributed by atoms with Crippen molar-refractivity contribution in [3.05, 3.63) is 125 Å². The lowest BCUT2D eigenvalue weighted by Crippen LogP contribution is -2.98. The molecule has 1 spiro atoms. The van der Waals surface area contributed by atoms with Gasteiger partial charge in [0.25, 0.3) is 21.8 Å². The molecular weight excluding hydrogens is 976 g/mol. The topological polar surface area (TPSA) is 206 Å². The number of fused-ring (bicyclic) bond motifs is 1. The van der Waals surface area contributed by atoms with Gasteiger partial charge in [-0.2, -0.15) is 4.98 Å². The standard InChI is InChI=1S/C56H69FN10O7S/c1-36(2)42-8-6-7-9-43(42)48-35-65(34-38-14-20-58-21-15-38)24-25-67(48)40-29-56(30-40)18-22-66(23-19-56)39-10-11-44(49(26-39)74-50-28-45-46(57)33-61-51(45)62-54(50)73-5)53(68)63-75(71,72)41-27-47(64(4)70)52(60-32-41)59-31-37-12-16-55(3,69)17-13-37/h6-11,14-15,20-21,26-28,32-33,36-37,40,48,64,69H,12-13,16-19,22-25,29-31,34-35H2,1-5H3,(H,59,60)(H,61,62)(H,63,68)/t37-,48-,55-/m0/s1. The summed E-state index contributed by atoms with van der Waals surface area (Å²) in [7, 11) is -1.87. The van der Waals surface area contributed by atoms with E-state index in [1.54, 1.807) is 12.1 Å². The van der Waals surface area contributed by atoms with Crippen molar-refractivity contribution in [1.82, 2.24) is 34.5 Å². The SMILES string of the molecule is COc1nc2[nH]cc(F)c2cc1Oc1cc(N2CCC3(CC2)CC(N2CCN(Cc4ccncc4)C[C@H]2c2ccccc2C(C)C)C3)ccc1C(=O)NS(=O)(=O)c1cnc(NC[C@H]2CC[C@](C)(O)CC2)c([NH+](C)[O-])c1. The normalized spacial score (nSPS) is 22.0. The van der Waals surface area contributed by atoms with Crippen molar-refractivity contribution < 1.29 is 37.2 Å². The van der Waals surface area contributed by atoms with Gasteiger partial charge in [0.1, 0.15) is 22.1 Å². The lowest BCUT2D eigenvalue weighted by Gasteiger charge is -2.58. The lowest BCUT2D eigenvalue weighted by molar-refractivity contribution is -0.751. The highest BCUT2D eigenvalue weighted by molar-refractivity contribution is 7.90. The van der Waals surface area contributed by atoms with Crippen LogP contribution in [0.1, 0.15) is 111 Å². The highest BCUT2D eigenvalue weighted by Crippen LogP contribution is 2.53. The summed E-state index contributed by atoms with van der Waals surface area (Å²) in [6.07, 6.45) is 13.1. The number of methoxy groups -OCH3 is 1. The van der Waals surface area contributed by atoms with Gasteiger partial charge in [0.05, 0.1) is 36.9 Å². The summed E-state index contributed by atoms with van der Waals surface area (Å²) in [6, 6.07) is 21.6. The number of hydrogen-bond donors (Lipinski definition) is 5. The molecule has 10 rings (SSSR count). The number of carbonyl (C=O) groups excluding carboxylic acids is 1. The summed E-state index contributed by atoms with van der Waals surface area (Å²) in [4.78, 5) is 37.2. The van der Waals surface area contributed by atoms with Crippen LogP contribution in [0.3, 0.4) is 0 Å². The van der Waals surface area contributed by atoms with Gasteiger partial charge in [-0.3, -0.25) is 19.6 Å². The van der Waals surface area contributed by atoms with E-state index in [9.17, 15) is 27.9 Å². The first-order valence-corrected chi connectivity index (χ1v) is 27.7. The van der Waals surface area contributed by atoms with Gasteiger partial charge in [0.15, 0.2) is 17.3 Å². The van der Waals surface area contributed by atoms with Crippen molar-refractivity contribution >= 4 is 44.2 Å². The van der Waals surface area contributed by atoms with E-state index in [-0.39, 0.29) is 67.8 Å². The van der Waals surface area contributed by atoms with Crippen LogP contribution in [-0.2, 0) is 16.6 Å². The molecule has 0 bridgehead atoms. The minimum atomic E-state index is -4.59. The quantitative estimate of drug-likeness (QED) is 0.0586. The summed E-state index contributed by atoms with van der Waals surface area (Å²) >= 11 is 0. The molecule has 5 N–H and O–H groups in total. The first-order chi connectivity index (χ1) is 36.0. The number of quaternary nitrogens is 1. The Labute approximate surface area is 438 Å². The summed E-state index contributed by atoms with van der Waals surface area (Å²) in [6.45, 7) is 12.3. The molecule has 17 nitrogen and oxygen atoms in total. The monoisotopic (exact) mass is 1040 g/mol. The minimum absolute atomic E-state index is 0.00158. The number of sulfonamides is 1. The number of anilines is 2. The summed E-state index contributed by atoms with van der Waals surface area (Å²) in [5.74, 6) is -0.640. The number of benzene rings is 2. The highest BCUT2D eigenvalue weighted by atomic mass is 32.2. The Morgan fingerprint density at radius 2 is 1.75 bits per heavy atom. The maximum atomic E-state index is 14.9. The Balaban J connectivity index is 0.859. The van der Waals surface area contributed by atoms with Crippen LogP contribution in [0.2, 0.25) is 0 Å². The Kier molecular flexibility index (Phi) is 14.9. The molecule has 4 aliphatic rings. The number of pyridine rings is 3. The number of rotatable bonds is 16. The summed E-state index contributed by atoms with van der Waals surface area (Å²) < 4.78 is 57.0. The van der Waals surface area contributed by atoms with Crippen molar-refractivity contribution in [1.29, 1.82) is 0 Å². The van der Waals surface area contributed by atoms with Crippen LogP contribution < -0.4 is 29.5 Å². The smallest absolute Gasteiger partial charge is 0.268 e. The molecule has 1 amide bonds. The Morgan fingerprint density at radius 1 is 1.00 bits per heavy atom. The van der Waals surface area contributed by atoms with Gasteiger partial charge < -0.3 is 40.1 Å². The molecule has 0 radical (unpaired) electrons. The van der Waals surface area contributed by atoms with Gasteiger partial charge in [-0.15, -0.1) is 0 Å². The molecule has 2 aromatic carbocycles. The van der Waals surface area contributed by atoms with E-state index in [0.29, 0.717) is 31.3 Å². The number of piperazine rings is 1. The van der Waals surface area contributed by atoms with E-state index in [1.165, 1.54) is 55.2 Å². The zero-order valence-electron chi connectivity index (χ0n) is 43.4. The third kappa shape index (κ3) is 11.3. The molecule has 2 atom stereocenters. The predicted molar refractivity (Wildman–Crippen MR) is 285 cm³/mol. The second kappa shape index (κ2) is 21.4. The fourth-order valence-corrected chi connectivity index (χ4v) is 12.8. The van der Waals surface area contributed by atoms with Gasteiger partial charge in [0, 0.05) is 100 Å². The molecule has 19 heteroatoms. The minimum Gasteiger partial charge on any atom is -0.629 e. The van der Waals surface area contributed by atoms with Crippen molar-refractivity contribution in [2.45, 2.75) is 107 Å². The number of piperidine rings is 1. The number of H-pyrrole nitrogens is 1. The molecule has 2 saturated heterocycles. The second-order valence-corrected chi connectivity index (χ2v) is 23.5. The van der Waals surface area contributed by atoms with Crippen LogP contribution in [0.25, 0.3) is 11.0 Å². The van der Waals surface area contributed by atoms with Crippen LogP contribution in [0, 0.1) is 22.4 Å². The number of nitrogens with zero attached hydrogens (tertiary/aromatic N) is 6. The van der Waals surface area contributed by atoms with Crippen LogP contribution in [0.15, 0.2) is 96.4 Å². The van der Waals surface area contributed by atoms with Crippen molar-refractivity contribution in [2.75, 3.05) is 63.6 Å². The van der Waals surface area contributed by atoms with Crippen molar-refractivity contribution in [3.8, 4) is 17.4 Å². The molecule has 4 aromatic heterocycles. The van der Waals surface area contributed by atoms with Gasteiger partial charge in [0.2, 0.25) is 0 Å². The third-order valence-electron chi connectivity index (χ3n) is 16.3. The van der Waals surface area contributed by atoms with E-state index in [1.807, 2.05) is 19.3 Å². The molecule has 2 aliphatic heterocycles. The van der Waals surface area contributed by atoms with E-state index < -0.39 is 32.4 Å². The molecule has 398 valence electrons. The van der Waals surface area contributed by atoms with Gasteiger partial charge in [-0.05, 0) is 116 Å². The number of ether oxygens (including phenoxy) is 2. The van der Waals surface area contributed by atoms with Crippen LogP contribution in [-0.4, -0.2) is 114 Å². The van der Waals surface area contributed by atoms with Crippen molar-refractivity contribution in [3.63, 3.8) is 0 Å². The molecule has 6 heterocycles. The number of halogens is 1. The number of aromatic amines is 1. The number of hydroxylamine groups is 1. The Morgan fingerprint density at radius 3 is 2.47 bits per heavy atom. The molecular formula is C56H69FN10O7S. The highest BCUT2D eigenvalue weighted by Gasteiger charge is 2.50. The zero-order chi connectivity index (χ0) is 52.6. The lowest BCUT2D eigenvalue weighted by atomic mass is 9.59. The maximum absolute atomic E-state index is 14.9. The molecule has 75 heavy (non-hydrogen) atoms. The van der Waals surface area contributed by atoms with Crippen LogP contribution >= 0.6 is 0 Å². The molecule has 4 fully saturated rings. The number of aromatic nitrogens is 4. The fourth-order valence-electron chi connectivity index (χ4n) is 11.9. The van der Waals surface area contributed by atoms with E-state index >= 15 is 0 Å². The summed E-state index contributed by atoms with van der Waals surface area (Å²) in [5.41, 5.74) is 4.54. The molecule has 6 aromatic rings. The van der Waals surface area contributed by atoms with Gasteiger partial charge >= 0.3 is 0 Å². The van der Waals surface area contributed by atoms with Crippen LogP contribution in [0.4, 0.5) is 21.6 Å². The van der Waals surface area contributed by atoms with Gasteiger partial charge in [-0.25, -0.2) is 22.5 Å². The van der Waals surface area contributed by atoms with Crippen LogP contribution in [0.5, 0.6) is 17.4 Å². The van der Waals surface area contributed by atoms with E-state index in [4.69, 9.17) is 9.47 Å². The predicted octanol–water partition coefficient (Wildman–Crippen LogP) is 7.84. The molecule has 2 aliphatic carbocycles. The molecule has 1 unspecified atom stereocenters. The molecule has 2 saturated carbocycles. The number of aliphatic hydroxyl groups is 1. The Bertz CT molecular complexity index is 3110.